The minimum Gasteiger partial charge on any atom is -0.508 e. The lowest BCUT2D eigenvalue weighted by atomic mass is 9.72. The number of likely N-dealkylation sites (N-methyl/N-ethyl adjacent to an activating group) is 1. The van der Waals surface area contributed by atoms with Crippen molar-refractivity contribution in [3.8, 4) is 5.75 Å². The van der Waals surface area contributed by atoms with Gasteiger partial charge < -0.3 is 25.2 Å². The van der Waals surface area contributed by atoms with Gasteiger partial charge >= 0.3 is 11.7 Å². The predicted molar refractivity (Wildman–Crippen MR) is 112 cm³/mol. The summed E-state index contributed by atoms with van der Waals surface area (Å²) in [6, 6.07) is 8.10. The quantitative estimate of drug-likeness (QED) is 0.493. The standard InChI is InChI=1S/C16H25NO2.C5H4N2O4/c1-17(2)12-15(13-6-8-14(18)9-7-13)16(19)10-4-3-5-11-16;8-3-1-2(4(9)10)6-5(11)7-3/h6-9,15,18-19H,3-5,10-12H2,1-2H3;1H,(H,9,10)(H2,6,7,8,11). The molecule has 1 heterocycles. The van der Waals surface area contributed by atoms with E-state index in [1.54, 1.807) is 12.1 Å². The maximum atomic E-state index is 11.0. The fraction of sp³-hybridized carbons (Fsp3) is 0.476. The van der Waals surface area contributed by atoms with Crippen molar-refractivity contribution in [1.29, 1.82) is 0 Å². The van der Waals surface area contributed by atoms with Crippen LogP contribution < -0.4 is 11.2 Å². The van der Waals surface area contributed by atoms with Crippen molar-refractivity contribution in [3.63, 3.8) is 0 Å². The number of aliphatic hydroxyl groups is 1. The summed E-state index contributed by atoms with van der Waals surface area (Å²) in [5.41, 5.74) is -1.45. The van der Waals surface area contributed by atoms with Gasteiger partial charge in [-0.2, -0.15) is 0 Å². The summed E-state index contributed by atoms with van der Waals surface area (Å²) < 4.78 is 0. The Morgan fingerprint density at radius 2 is 1.70 bits per heavy atom. The van der Waals surface area contributed by atoms with E-state index in [1.165, 1.54) is 6.42 Å². The molecule has 1 aliphatic rings. The lowest BCUT2D eigenvalue weighted by Gasteiger charge is -2.40. The number of aromatic hydroxyl groups is 1. The van der Waals surface area contributed by atoms with E-state index < -0.39 is 28.5 Å². The van der Waals surface area contributed by atoms with Gasteiger partial charge in [-0.3, -0.25) is 9.78 Å². The highest BCUT2D eigenvalue weighted by Crippen LogP contribution is 2.40. The molecule has 0 amide bonds. The number of hydrogen-bond acceptors (Lipinski definition) is 6. The van der Waals surface area contributed by atoms with Crippen LogP contribution in [0, 0.1) is 0 Å². The van der Waals surface area contributed by atoms with Gasteiger partial charge in [0.2, 0.25) is 0 Å². The molecule has 5 N–H and O–H groups in total. The topological polar surface area (TPSA) is 147 Å². The minimum absolute atomic E-state index is 0.114. The first-order chi connectivity index (χ1) is 14.1. The number of H-pyrrole nitrogens is 2. The molecule has 1 unspecified atom stereocenters. The molecule has 1 aromatic heterocycles. The van der Waals surface area contributed by atoms with Gasteiger partial charge in [0.05, 0.1) is 5.60 Å². The normalized spacial score (nSPS) is 16.4. The Morgan fingerprint density at radius 1 is 1.10 bits per heavy atom. The van der Waals surface area contributed by atoms with Crippen molar-refractivity contribution in [2.24, 2.45) is 0 Å². The van der Waals surface area contributed by atoms with Crippen LogP contribution in [0.2, 0.25) is 0 Å². The Labute approximate surface area is 174 Å². The molecule has 1 aromatic carbocycles. The summed E-state index contributed by atoms with van der Waals surface area (Å²) in [4.78, 5) is 37.0. The van der Waals surface area contributed by atoms with E-state index in [-0.39, 0.29) is 11.7 Å². The lowest BCUT2D eigenvalue weighted by molar-refractivity contribution is -0.0277. The Morgan fingerprint density at radius 3 is 2.20 bits per heavy atom. The van der Waals surface area contributed by atoms with E-state index in [9.17, 15) is 24.6 Å². The third kappa shape index (κ3) is 6.57. The second-order valence-electron chi connectivity index (χ2n) is 7.88. The zero-order chi connectivity index (χ0) is 22.3. The van der Waals surface area contributed by atoms with Crippen molar-refractivity contribution >= 4 is 5.97 Å². The van der Waals surface area contributed by atoms with Crippen molar-refractivity contribution in [3.05, 3.63) is 62.4 Å². The van der Waals surface area contributed by atoms with Crippen LogP contribution in [0.5, 0.6) is 5.75 Å². The molecule has 0 radical (unpaired) electrons. The summed E-state index contributed by atoms with van der Waals surface area (Å²) in [5, 5.41) is 28.7. The number of aromatic carboxylic acids is 1. The Bertz CT molecular complexity index is 914. The maximum absolute atomic E-state index is 11.0. The van der Waals surface area contributed by atoms with Gasteiger partial charge in [-0.25, -0.2) is 9.59 Å². The van der Waals surface area contributed by atoms with Gasteiger partial charge in [0.15, 0.2) is 0 Å². The van der Waals surface area contributed by atoms with Crippen LogP contribution in [0.3, 0.4) is 0 Å². The number of rotatable bonds is 5. The second kappa shape index (κ2) is 10.2. The summed E-state index contributed by atoms with van der Waals surface area (Å²) in [6.07, 6.45) is 5.21. The molecular weight excluding hydrogens is 390 g/mol. The molecule has 0 aliphatic heterocycles. The number of phenolic OH excluding ortho intramolecular Hbond substituents is 1. The van der Waals surface area contributed by atoms with Crippen LogP contribution in [-0.2, 0) is 0 Å². The monoisotopic (exact) mass is 419 g/mol. The van der Waals surface area contributed by atoms with Gasteiger partial charge in [0.1, 0.15) is 11.4 Å². The van der Waals surface area contributed by atoms with Crippen molar-refractivity contribution in [1.82, 2.24) is 14.9 Å². The van der Waals surface area contributed by atoms with Crippen LogP contribution in [0.4, 0.5) is 0 Å². The lowest BCUT2D eigenvalue weighted by Crippen LogP contribution is -2.42. The number of benzene rings is 1. The fourth-order valence-corrected chi connectivity index (χ4v) is 3.75. The zero-order valence-electron chi connectivity index (χ0n) is 17.2. The van der Waals surface area contributed by atoms with Crippen molar-refractivity contribution in [2.45, 2.75) is 43.6 Å². The van der Waals surface area contributed by atoms with E-state index >= 15 is 0 Å². The van der Waals surface area contributed by atoms with Crippen LogP contribution >= 0.6 is 0 Å². The van der Waals surface area contributed by atoms with Crippen LogP contribution in [-0.4, -0.2) is 62.4 Å². The van der Waals surface area contributed by atoms with Gasteiger partial charge in [-0.15, -0.1) is 0 Å². The molecule has 1 fully saturated rings. The van der Waals surface area contributed by atoms with E-state index in [1.807, 2.05) is 36.2 Å². The molecule has 1 aliphatic carbocycles. The number of carboxylic acids is 1. The highest BCUT2D eigenvalue weighted by Gasteiger charge is 2.38. The highest BCUT2D eigenvalue weighted by molar-refractivity contribution is 5.84. The first-order valence-corrected chi connectivity index (χ1v) is 9.84. The SMILES string of the molecule is CN(C)CC(c1ccc(O)cc1)C1(O)CCCCC1.O=C(O)c1cc(=O)[nH]c(=O)[nH]1. The smallest absolute Gasteiger partial charge is 0.352 e. The van der Waals surface area contributed by atoms with Crippen molar-refractivity contribution in [2.75, 3.05) is 20.6 Å². The zero-order valence-corrected chi connectivity index (χ0v) is 17.2. The molecule has 1 atom stereocenters. The molecule has 9 heteroatoms. The average Bonchev–Trinajstić information content (AvgIpc) is 2.67. The molecule has 3 rings (SSSR count). The Kier molecular flexibility index (Phi) is 7.96. The average molecular weight is 419 g/mol. The molecule has 1 saturated carbocycles. The molecular formula is C21H29N3O6. The number of nitrogens with one attached hydrogen (secondary N) is 2. The van der Waals surface area contributed by atoms with E-state index in [2.05, 4.69) is 4.90 Å². The molecule has 0 saturated heterocycles. The van der Waals surface area contributed by atoms with Gasteiger partial charge in [-0.1, -0.05) is 31.4 Å². The molecule has 164 valence electrons. The van der Waals surface area contributed by atoms with Crippen LogP contribution in [0.25, 0.3) is 0 Å². The van der Waals surface area contributed by atoms with Crippen molar-refractivity contribution < 1.29 is 20.1 Å². The molecule has 0 spiro atoms. The number of carbonyl (C=O) groups is 1. The van der Waals surface area contributed by atoms with E-state index in [0.717, 1.165) is 43.9 Å². The number of phenols is 1. The summed E-state index contributed by atoms with van der Waals surface area (Å²) >= 11 is 0. The molecule has 2 aromatic rings. The summed E-state index contributed by atoms with van der Waals surface area (Å²) in [5.74, 6) is -0.945. The van der Waals surface area contributed by atoms with Gasteiger partial charge in [0.25, 0.3) is 5.56 Å². The summed E-state index contributed by atoms with van der Waals surface area (Å²) in [7, 11) is 4.08. The minimum atomic E-state index is -1.34. The maximum Gasteiger partial charge on any atom is 0.352 e. The number of aromatic nitrogens is 2. The largest absolute Gasteiger partial charge is 0.508 e. The molecule has 30 heavy (non-hydrogen) atoms. The van der Waals surface area contributed by atoms with E-state index in [4.69, 9.17) is 5.11 Å². The number of nitrogens with zero attached hydrogens (tertiary/aromatic N) is 1. The first-order valence-electron chi connectivity index (χ1n) is 9.84. The van der Waals surface area contributed by atoms with Crippen LogP contribution in [0.15, 0.2) is 39.9 Å². The molecule has 0 bridgehead atoms. The molecule has 9 nitrogen and oxygen atoms in total. The van der Waals surface area contributed by atoms with Gasteiger partial charge in [-0.05, 0) is 44.6 Å². The third-order valence-electron chi connectivity index (χ3n) is 5.20. The van der Waals surface area contributed by atoms with Crippen LogP contribution in [0.1, 0.15) is 54.1 Å². The highest BCUT2D eigenvalue weighted by atomic mass is 16.4. The second-order valence-corrected chi connectivity index (χ2v) is 7.88. The first kappa shape index (κ1) is 23.4. The number of carboxylic acid groups (broad SMARTS) is 1. The Hall–Kier alpha value is -2.91. The van der Waals surface area contributed by atoms with E-state index in [0.29, 0.717) is 0 Å². The Balaban J connectivity index is 0.000000248. The van der Waals surface area contributed by atoms with Gasteiger partial charge in [0, 0.05) is 18.5 Å². The number of aromatic amines is 2. The fourth-order valence-electron chi connectivity index (χ4n) is 3.75. The number of hydrogen-bond donors (Lipinski definition) is 5. The predicted octanol–water partition coefficient (Wildman–Crippen LogP) is 1.49. The summed E-state index contributed by atoms with van der Waals surface area (Å²) in [6.45, 7) is 0.835. The third-order valence-corrected chi connectivity index (χ3v) is 5.20.